The summed E-state index contributed by atoms with van der Waals surface area (Å²) in [7, 11) is -1.69. The first kappa shape index (κ1) is 13.5. The lowest BCUT2D eigenvalue weighted by atomic mass is 10.1. The normalized spacial score (nSPS) is 19.6. The van der Waals surface area contributed by atoms with Gasteiger partial charge in [0.25, 0.3) is 7.63 Å². The third-order valence-electron chi connectivity index (χ3n) is 3.21. The van der Waals surface area contributed by atoms with Crippen LogP contribution < -0.4 is 0 Å². The molecule has 1 rings (SSSR count). The van der Waals surface area contributed by atoms with Crippen LogP contribution in [0.3, 0.4) is 0 Å². The molecule has 15 heavy (non-hydrogen) atoms. The Balaban J connectivity index is 1.88. The molecule has 1 nitrogen and oxygen atoms in total. The largest absolute Gasteiger partial charge is 0.403 e. The Labute approximate surface area is 100 Å². The fourth-order valence-corrected chi connectivity index (χ4v) is 5.82. The van der Waals surface area contributed by atoms with Gasteiger partial charge < -0.3 is 4.43 Å². The Morgan fingerprint density at radius 1 is 1.00 bits per heavy atom. The minimum atomic E-state index is -1.69. The van der Waals surface area contributed by atoms with Crippen molar-refractivity contribution in [2.24, 2.45) is 0 Å². The van der Waals surface area contributed by atoms with E-state index in [-0.39, 0.29) is 0 Å². The van der Waals surface area contributed by atoms with Crippen molar-refractivity contribution >= 4 is 18.7 Å². The van der Waals surface area contributed by atoms with Gasteiger partial charge in [0.15, 0.2) is 0 Å². The molecule has 0 radical (unpaired) electrons. The fraction of sp³-hybridized carbons (Fsp3) is 1.00. The van der Waals surface area contributed by atoms with Crippen LogP contribution >= 0.6 is 11.1 Å². The summed E-state index contributed by atoms with van der Waals surface area (Å²) in [5, 5.41) is 0. The standard InChI is InChI=1S/C12H25ClOSi/c1-2-3-4-5-6-7-10-14-15(13)11-8-9-12-15/h2-12H2,1H3. The molecule has 0 amide bonds. The molecule has 1 fully saturated rings. The molecular weight excluding hydrogens is 224 g/mol. The number of rotatable bonds is 8. The molecular formula is C12H25ClOSi. The van der Waals surface area contributed by atoms with Gasteiger partial charge in [0.2, 0.25) is 0 Å². The summed E-state index contributed by atoms with van der Waals surface area (Å²) < 4.78 is 5.90. The smallest absolute Gasteiger partial charge is 0.290 e. The Hall–Kier alpha value is 0.467. The molecule has 0 aromatic carbocycles. The highest BCUT2D eigenvalue weighted by Gasteiger charge is 2.36. The van der Waals surface area contributed by atoms with E-state index in [1.807, 2.05) is 0 Å². The number of hydrogen-bond donors (Lipinski definition) is 0. The van der Waals surface area contributed by atoms with Gasteiger partial charge in [0, 0.05) is 6.61 Å². The molecule has 1 saturated heterocycles. The molecule has 0 spiro atoms. The van der Waals surface area contributed by atoms with E-state index in [1.54, 1.807) is 0 Å². The maximum absolute atomic E-state index is 6.45. The highest BCUT2D eigenvalue weighted by molar-refractivity contribution is 7.17. The lowest BCUT2D eigenvalue weighted by molar-refractivity contribution is 0.302. The molecule has 0 unspecified atom stereocenters. The van der Waals surface area contributed by atoms with Crippen molar-refractivity contribution in [3.8, 4) is 0 Å². The third-order valence-corrected chi connectivity index (χ3v) is 7.59. The summed E-state index contributed by atoms with van der Waals surface area (Å²) >= 11 is 6.45. The van der Waals surface area contributed by atoms with Gasteiger partial charge in [-0.3, -0.25) is 0 Å². The van der Waals surface area contributed by atoms with Crippen LogP contribution in [0.2, 0.25) is 12.1 Å². The zero-order valence-corrected chi connectivity index (χ0v) is 11.8. The Kier molecular flexibility index (Phi) is 6.94. The third kappa shape index (κ3) is 5.93. The van der Waals surface area contributed by atoms with E-state index in [4.69, 9.17) is 15.5 Å². The predicted molar refractivity (Wildman–Crippen MR) is 69.8 cm³/mol. The van der Waals surface area contributed by atoms with Crippen LogP contribution in [-0.4, -0.2) is 14.2 Å². The topological polar surface area (TPSA) is 9.23 Å². The van der Waals surface area contributed by atoms with Crippen molar-refractivity contribution < 1.29 is 4.43 Å². The van der Waals surface area contributed by atoms with Crippen LogP contribution in [0.15, 0.2) is 0 Å². The van der Waals surface area contributed by atoms with E-state index in [1.165, 1.54) is 63.5 Å². The highest BCUT2D eigenvalue weighted by atomic mass is 35.6. The summed E-state index contributed by atoms with van der Waals surface area (Å²) in [6.07, 6.45) is 10.6. The van der Waals surface area contributed by atoms with Gasteiger partial charge in [-0.1, -0.05) is 51.9 Å². The summed E-state index contributed by atoms with van der Waals surface area (Å²) in [6, 6.07) is 2.37. The molecule has 0 bridgehead atoms. The maximum Gasteiger partial charge on any atom is 0.290 e. The average molecular weight is 249 g/mol. The lowest BCUT2D eigenvalue weighted by Gasteiger charge is -2.18. The first-order valence-electron chi connectivity index (χ1n) is 6.60. The number of unbranched alkanes of at least 4 members (excludes halogenated alkanes) is 5. The zero-order chi connectivity index (χ0) is 11.0. The summed E-state index contributed by atoms with van der Waals surface area (Å²) in [6.45, 7) is 3.17. The molecule has 1 heterocycles. The van der Waals surface area contributed by atoms with Gasteiger partial charge in [-0.2, -0.15) is 0 Å². The quantitative estimate of drug-likeness (QED) is 0.339. The van der Waals surface area contributed by atoms with Crippen LogP contribution in [0.1, 0.15) is 58.3 Å². The first-order chi connectivity index (χ1) is 7.27. The first-order valence-corrected chi connectivity index (χ1v) is 9.93. The SMILES string of the molecule is CCCCCCCCO[Si]1(Cl)CCCC1. The zero-order valence-electron chi connectivity index (χ0n) is 10.1. The van der Waals surface area contributed by atoms with E-state index >= 15 is 0 Å². The van der Waals surface area contributed by atoms with Crippen molar-refractivity contribution in [1.29, 1.82) is 0 Å². The second kappa shape index (κ2) is 7.69. The van der Waals surface area contributed by atoms with Gasteiger partial charge in [-0.05, 0) is 18.5 Å². The molecule has 0 atom stereocenters. The van der Waals surface area contributed by atoms with Gasteiger partial charge in [0.1, 0.15) is 0 Å². The van der Waals surface area contributed by atoms with Crippen LogP contribution in [0.4, 0.5) is 0 Å². The second-order valence-corrected chi connectivity index (χ2v) is 9.83. The van der Waals surface area contributed by atoms with Gasteiger partial charge in [-0.25, -0.2) is 0 Å². The molecule has 0 saturated carbocycles. The van der Waals surface area contributed by atoms with Crippen molar-refractivity contribution in [1.82, 2.24) is 0 Å². The molecule has 1 aliphatic heterocycles. The monoisotopic (exact) mass is 248 g/mol. The van der Waals surface area contributed by atoms with Crippen LogP contribution in [0.5, 0.6) is 0 Å². The van der Waals surface area contributed by atoms with E-state index in [0.29, 0.717) is 0 Å². The molecule has 0 aromatic heterocycles. The molecule has 0 aliphatic carbocycles. The Morgan fingerprint density at radius 3 is 2.27 bits per heavy atom. The minimum Gasteiger partial charge on any atom is -0.403 e. The average Bonchev–Trinajstić information content (AvgIpc) is 2.64. The molecule has 0 aromatic rings. The van der Waals surface area contributed by atoms with Crippen molar-refractivity contribution in [3.63, 3.8) is 0 Å². The second-order valence-electron chi connectivity index (χ2n) is 4.71. The fourth-order valence-electron chi connectivity index (χ4n) is 2.18. The summed E-state index contributed by atoms with van der Waals surface area (Å²) in [4.78, 5) is 0. The van der Waals surface area contributed by atoms with Crippen molar-refractivity contribution in [2.45, 2.75) is 70.4 Å². The molecule has 90 valence electrons. The minimum absolute atomic E-state index is 0.918. The van der Waals surface area contributed by atoms with Gasteiger partial charge in [-0.15, -0.1) is 11.1 Å². The number of halogens is 1. The Bertz CT molecular complexity index is 158. The highest BCUT2D eigenvalue weighted by Crippen LogP contribution is 2.34. The van der Waals surface area contributed by atoms with Crippen LogP contribution in [0, 0.1) is 0 Å². The molecule has 0 N–H and O–H groups in total. The lowest BCUT2D eigenvalue weighted by Crippen LogP contribution is -2.27. The van der Waals surface area contributed by atoms with E-state index < -0.39 is 7.63 Å². The van der Waals surface area contributed by atoms with Crippen LogP contribution in [-0.2, 0) is 4.43 Å². The van der Waals surface area contributed by atoms with Crippen molar-refractivity contribution in [2.75, 3.05) is 6.61 Å². The Morgan fingerprint density at radius 2 is 1.60 bits per heavy atom. The van der Waals surface area contributed by atoms with E-state index in [9.17, 15) is 0 Å². The number of hydrogen-bond acceptors (Lipinski definition) is 1. The molecule has 3 heteroatoms. The predicted octanol–water partition coefficient (Wildman–Crippen LogP) is 4.84. The van der Waals surface area contributed by atoms with Crippen LogP contribution in [0.25, 0.3) is 0 Å². The summed E-state index contributed by atoms with van der Waals surface area (Å²) in [5.74, 6) is 0. The summed E-state index contributed by atoms with van der Waals surface area (Å²) in [5.41, 5.74) is 0. The van der Waals surface area contributed by atoms with E-state index in [0.717, 1.165) is 6.61 Å². The van der Waals surface area contributed by atoms with Crippen molar-refractivity contribution in [3.05, 3.63) is 0 Å². The van der Waals surface area contributed by atoms with Gasteiger partial charge >= 0.3 is 0 Å². The molecule has 1 aliphatic rings. The van der Waals surface area contributed by atoms with Gasteiger partial charge in [0.05, 0.1) is 0 Å². The maximum atomic E-state index is 6.45. The van der Waals surface area contributed by atoms with E-state index in [2.05, 4.69) is 6.92 Å².